The molecule has 1 atom stereocenters. The van der Waals surface area contributed by atoms with Gasteiger partial charge in [-0.25, -0.2) is 0 Å². The average molecular weight is 260 g/mol. The van der Waals surface area contributed by atoms with Crippen LogP contribution in [0.15, 0.2) is 18.2 Å². The van der Waals surface area contributed by atoms with Gasteiger partial charge >= 0.3 is 0 Å². The Morgan fingerprint density at radius 2 is 2.05 bits per heavy atom. The highest BCUT2D eigenvalue weighted by Gasteiger charge is 2.27. The zero-order valence-electron chi connectivity index (χ0n) is 12.9. The van der Waals surface area contributed by atoms with Crippen LogP contribution >= 0.6 is 0 Å². The summed E-state index contributed by atoms with van der Waals surface area (Å²) in [6, 6.07) is 8.05. The van der Waals surface area contributed by atoms with Gasteiger partial charge in [0.05, 0.1) is 0 Å². The van der Waals surface area contributed by atoms with Gasteiger partial charge < -0.3 is 5.32 Å². The molecule has 0 aromatic heterocycles. The van der Waals surface area contributed by atoms with Gasteiger partial charge in [-0.1, -0.05) is 30.7 Å². The first kappa shape index (κ1) is 14.5. The first-order valence-electron chi connectivity index (χ1n) is 7.66. The Balaban J connectivity index is 1.83. The van der Waals surface area contributed by atoms with Gasteiger partial charge in [-0.15, -0.1) is 0 Å². The minimum absolute atomic E-state index is 0.442. The van der Waals surface area contributed by atoms with E-state index < -0.39 is 0 Å². The van der Waals surface area contributed by atoms with Crippen LogP contribution in [0.5, 0.6) is 0 Å². The van der Waals surface area contributed by atoms with Crippen molar-refractivity contribution in [3.8, 4) is 0 Å². The van der Waals surface area contributed by atoms with Crippen molar-refractivity contribution >= 4 is 0 Å². The summed E-state index contributed by atoms with van der Waals surface area (Å²) in [4.78, 5) is 2.60. The van der Waals surface area contributed by atoms with Crippen LogP contribution in [0.2, 0.25) is 0 Å². The number of hydrogen-bond acceptors (Lipinski definition) is 2. The summed E-state index contributed by atoms with van der Waals surface area (Å²) < 4.78 is 0. The van der Waals surface area contributed by atoms with Crippen molar-refractivity contribution in [2.75, 3.05) is 19.6 Å². The lowest BCUT2D eigenvalue weighted by Gasteiger charge is -2.22. The van der Waals surface area contributed by atoms with Crippen LogP contribution in [0, 0.1) is 13.8 Å². The molecule has 106 valence electrons. The number of likely N-dealkylation sites (N-methyl/N-ethyl adjacent to an activating group) is 1. The Hall–Kier alpha value is -0.860. The Morgan fingerprint density at radius 3 is 2.68 bits per heavy atom. The van der Waals surface area contributed by atoms with E-state index in [0.29, 0.717) is 6.04 Å². The summed E-state index contributed by atoms with van der Waals surface area (Å²) in [5, 5.41) is 3.67. The van der Waals surface area contributed by atoms with E-state index in [9.17, 15) is 0 Å². The molecule has 0 radical (unpaired) electrons. The van der Waals surface area contributed by atoms with Crippen molar-refractivity contribution < 1.29 is 0 Å². The molecule has 1 saturated carbocycles. The fourth-order valence-corrected chi connectivity index (χ4v) is 2.80. The molecule has 2 heteroatoms. The molecule has 1 fully saturated rings. The van der Waals surface area contributed by atoms with Gasteiger partial charge in [0, 0.05) is 25.2 Å². The third kappa shape index (κ3) is 4.05. The number of nitrogens with one attached hydrogen (secondary N) is 1. The van der Waals surface area contributed by atoms with Crippen molar-refractivity contribution in [2.45, 2.75) is 52.6 Å². The SMILES string of the molecule is CCN(CCNC(C)c1cc(C)ccc1C)C1CC1. The summed E-state index contributed by atoms with van der Waals surface area (Å²) in [5.74, 6) is 0. The van der Waals surface area contributed by atoms with Crippen LogP contribution in [-0.4, -0.2) is 30.6 Å². The molecule has 0 spiro atoms. The van der Waals surface area contributed by atoms with E-state index in [1.54, 1.807) is 0 Å². The molecule has 0 heterocycles. The average Bonchev–Trinajstić information content (AvgIpc) is 3.21. The van der Waals surface area contributed by atoms with Crippen LogP contribution in [-0.2, 0) is 0 Å². The molecule has 0 aliphatic heterocycles. The predicted molar refractivity (Wildman–Crippen MR) is 82.6 cm³/mol. The Kier molecular flexibility index (Phi) is 5.00. The lowest BCUT2D eigenvalue weighted by atomic mass is 10.00. The number of hydrogen-bond donors (Lipinski definition) is 1. The van der Waals surface area contributed by atoms with E-state index in [1.807, 2.05) is 0 Å². The van der Waals surface area contributed by atoms with Crippen molar-refractivity contribution in [3.63, 3.8) is 0 Å². The molecule has 0 amide bonds. The second-order valence-corrected chi connectivity index (χ2v) is 5.90. The highest BCUT2D eigenvalue weighted by Crippen LogP contribution is 2.26. The number of aryl methyl sites for hydroxylation is 2. The maximum Gasteiger partial charge on any atom is 0.0295 e. The third-order valence-corrected chi connectivity index (χ3v) is 4.22. The topological polar surface area (TPSA) is 15.3 Å². The van der Waals surface area contributed by atoms with E-state index in [4.69, 9.17) is 0 Å². The highest BCUT2D eigenvalue weighted by molar-refractivity contribution is 5.32. The molecule has 1 unspecified atom stereocenters. The summed E-state index contributed by atoms with van der Waals surface area (Å²) in [5.41, 5.74) is 4.18. The quantitative estimate of drug-likeness (QED) is 0.808. The second-order valence-electron chi connectivity index (χ2n) is 5.90. The van der Waals surface area contributed by atoms with E-state index in [1.165, 1.54) is 42.6 Å². The third-order valence-electron chi connectivity index (χ3n) is 4.22. The van der Waals surface area contributed by atoms with Gasteiger partial charge in [-0.3, -0.25) is 4.90 Å². The fourth-order valence-electron chi connectivity index (χ4n) is 2.80. The molecule has 1 aromatic rings. The summed E-state index contributed by atoms with van der Waals surface area (Å²) in [7, 11) is 0. The van der Waals surface area contributed by atoms with Gasteiger partial charge in [0.15, 0.2) is 0 Å². The molecule has 1 aliphatic carbocycles. The molecule has 1 aromatic carbocycles. The molecule has 0 bridgehead atoms. The van der Waals surface area contributed by atoms with Gasteiger partial charge in [-0.05, 0) is 51.3 Å². The van der Waals surface area contributed by atoms with Crippen LogP contribution < -0.4 is 5.32 Å². The molecule has 1 aliphatic rings. The minimum Gasteiger partial charge on any atom is -0.309 e. The van der Waals surface area contributed by atoms with E-state index in [0.717, 1.165) is 12.6 Å². The van der Waals surface area contributed by atoms with Crippen LogP contribution in [0.25, 0.3) is 0 Å². The van der Waals surface area contributed by atoms with Crippen molar-refractivity contribution in [2.24, 2.45) is 0 Å². The summed E-state index contributed by atoms with van der Waals surface area (Å²) >= 11 is 0. The first-order valence-corrected chi connectivity index (χ1v) is 7.66. The molecule has 19 heavy (non-hydrogen) atoms. The maximum atomic E-state index is 3.67. The number of nitrogens with zero attached hydrogens (tertiary/aromatic N) is 1. The fraction of sp³-hybridized carbons (Fsp3) is 0.647. The summed E-state index contributed by atoms with van der Waals surface area (Å²) in [6.07, 6.45) is 2.81. The van der Waals surface area contributed by atoms with Crippen LogP contribution in [0.4, 0.5) is 0 Å². The Bertz CT molecular complexity index is 410. The van der Waals surface area contributed by atoms with E-state index in [-0.39, 0.29) is 0 Å². The predicted octanol–water partition coefficient (Wildman–Crippen LogP) is 3.44. The lowest BCUT2D eigenvalue weighted by Crippen LogP contribution is -2.34. The second kappa shape index (κ2) is 6.53. The van der Waals surface area contributed by atoms with E-state index >= 15 is 0 Å². The normalized spacial score (nSPS) is 16.9. The Labute approximate surface area is 118 Å². The van der Waals surface area contributed by atoms with Crippen LogP contribution in [0.3, 0.4) is 0 Å². The lowest BCUT2D eigenvalue weighted by molar-refractivity contribution is 0.273. The largest absolute Gasteiger partial charge is 0.309 e. The standard InChI is InChI=1S/C17H28N2/c1-5-19(16-8-9-16)11-10-18-15(4)17-12-13(2)6-7-14(17)3/h6-7,12,15-16,18H,5,8-11H2,1-4H3. The van der Waals surface area contributed by atoms with Crippen LogP contribution in [0.1, 0.15) is 49.4 Å². The molecular weight excluding hydrogens is 232 g/mol. The van der Waals surface area contributed by atoms with Gasteiger partial charge in [0.2, 0.25) is 0 Å². The monoisotopic (exact) mass is 260 g/mol. The molecule has 2 rings (SSSR count). The molecular formula is C17H28N2. The van der Waals surface area contributed by atoms with Crippen molar-refractivity contribution in [3.05, 3.63) is 34.9 Å². The van der Waals surface area contributed by atoms with Gasteiger partial charge in [0.1, 0.15) is 0 Å². The maximum absolute atomic E-state index is 3.67. The number of benzene rings is 1. The first-order chi connectivity index (χ1) is 9.11. The Morgan fingerprint density at radius 1 is 1.32 bits per heavy atom. The summed E-state index contributed by atoms with van der Waals surface area (Å²) in [6.45, 7) is 12.4. The van der Waals surface area contributed by atoms with Crippen molar-refractivity contribution in [1.29, 1.82) is 0 Å². The smallest absolute Gasteiger partial charge is 0.0295 e. The molecule has 1 N–H and O–H groups in total. The van der Waals surface area contributed by atoms with Gasteiger partial charge in [-0.2, -0.15) is 0 Å². The zero-order chi connectivity index (χ0) is 13.8. The molecule has 2 nitrogen and oxygen atoms in total. The molecule has 0 saturated heterocycles. The van der Waals surface area contributed by atoms with Gasteiger partial charge in [0.25, 0.3) is 0 Å². The highest BCUT2D eigenvalue weighted by atomic mass is 15.2. The van der Waals surface area contributed by atoms with Crippen molar-refractivity contribution in [1.82, 2.24) is 10.2 Å². The zero-order valence-corrected chi connectivity index (χ0v) is 12.9. The van der Waals surface area contributed by atoms with E-state index in [2.05, 4.69) is 56.1 Å². The minimum atomic E-state index is 0.442. The number of rotatable bonds is 7.